The number of hydrogen-bond acceptors (Lipinski definition) is 3. The Balaban J connectivity index is 2.02. The van der Waals surface area contributed by atoms with Gasteiger partial charge in [0.1, 0.15) is 0 Å². The van der Waals surface area contributed by atoms with Gasteiger partial charge in [-0.25, -0.2) is 0 Å². The van der Waals surface area contributed by atoms with Gasteiger partial charge in [0.15, 0.2) is 0 Å². The van der Waals surface area contributed by atoms with Crippen molar-refractivity contribution in [2.75, 3.05) is 0 Å². The van der Waals surface area contributed by atoms with Crippen LogP contribution in [0.1, 0.15) is 20.7 Å². The Kier molecular flexibility index (Phi) is 4.26. The molecular weight excluding hydrogens is 303 g/mol. The van der Waals surface area contributed by atoms with E-state index in [0.717, 1.165) is 0 Å². The molecule has 104 valence electrons. The molecule has 1 aromatic heterocycles. The van der Waals surface area contributed by atoms with Gasteiger partial charge in [-0.2, -0.15) is 5.10 Å². The Morgan fingerprint density at radius 1 is 1.20 bits per heavy atom. The molecule has 2 rings (SSSR count). The van der Waals surface area contributed by atoms with E-state index < -0.39 is 11.8 Å². The molecule has 0 aliphatic heterocycles. The number of nitrogens with zero attached hydrogens (tertiary/aromatic N) is 2. The summed E-state index contributed by atoms with van der Waals surface area (Å²) in [5.74, 6) is -1.04. The van der Waals surface area contributed by atoms with Crippen LogP contribution in [0.15, 0.2) is 30.6 Å². The van der Waals surface area contributed by atoms with Gasteiger partial charge in [-0.15, -0.1) is 0 Å². The molecule has 0 saturated heterocycles. The topological polar surface area (TPSA) is 76.0 Å². The van der Waals surface area contributed by atoms with Crippen molar-refractivity contribution < 1.29 is 9.59 Å². The van der Waals surface area contributed by atoms with E-state index in [9.17, 15) is 9.59 Å². The number of hydrogen-bond donors (Lipinski definition) is 2. The van der Waals surface area contributed by atoms with Gasteiger partial charge in [0.05, 0.1) is 22.3 Å². The zero-order valence-electron chi connectivity index (χ0n) is 10.4. The molecule has 0 unspecified atom stereocenters. The van der Waals surface area contributed by atoms with E-state index >= 15 is 0 Å². The molecule has 0 radical (unpaired) electrons. The lowest BCUT2D eigenvalue weighted by molar-refractivity contribution is 0.0846. The summed E-state index contributed by atoms with van der Waals surface area (Å²) in [6.07, 6.45) is 2.90. The number of carbonyl (C=O) groups excluding carboxylic acids is 2. The highest BCUT2D eigenvalue weighted by molar-refractivity contribution is 6.35. The van der Waals surface area contributed by atoms with E-state index in [2.05, 4.69) is 16.0 Å². The largest absolute Gasteiger partial charge is 0.275 e. The molecule has 0 bridgehead atoms. The number of amides is 2. The number of halogens is 2. The summed E-state index contributed by atoms with van der Waals surface area (Å²) in [7, 11) is 1.68. The van der Waals surface area contributed by atoms with E-state index in [4.69, 9.17) is 23.2 Å². The van der Waals surface area contributed by atoms with Gasteiger partial charge in [-0.3, -0.25) is 25.1 Å². The van der Waals surface area contributed by atoms with Crippen LogP contribution >= 0.6 is 23.2 Å². The molecule has 1 aromatic carbocycles. The lowest BCUT2D eigenvalue weighted by Gasteiger charge is -2.07. The van der Waals surface area contributed by atoms with Crippen LogP contribution in [0.4, 0.5) is 0 Å². The van der Waals surface area contributed by atoms with Crippen LogP contribution in [0.25, 0.3) is 0 Å². The van der Waals surface area contributed by atoms with Crippen molar-refractivity contribution in [3.63, 3.8) is 0 Å². The zero-order valence-corrected chi connectivity index (χ0v) is 11.9. The third-order valence-electron chi connectivity index (χ3n) is 2.43. The fraction of sp³-hybridized carbons (Fsp3) is 0.0833. The number of nitrogens with one attached hydrogen (secondary N) is 2. The van der Waals surface area contributed by atoms with Crippen LogP contribution in [-0.4, -0.2) is 21.6 Å². The predicted molar refractivity (Wildman–Crippen MR) is 74.6 cm³/mol. The fourth-order valence-electron chi connectivity index (χ4n) is 1.46. The average Bonchev–Trinajstić information content (AvgIpc) is 2.85. The molecular formula is C12H10Cl2N4O2. The molecule has 0 spiro atoms. The zero-order chi connectivity index (χ0) is 14.7. The summed E-state index contributed by atoms with van der Waals surface area (Å²) in [6, 6.07) is 4.48. The molecule has 0 aliphatic rings. The van der Waals surface area contributed by atoms with Gasteiger partial charge in [-0.05, 0) is 18.2 Å². The van der Waals surface area contributed by atoms with Gasteiger partial charge in [0.25, 0.3) is 11.8 Å². The summed E-state index contributed by atoms with van der Waals surface area (Å²) in [5, 5.41) is 4.46. The highest BCUT2D eigenvalue weighted by Crippen LogP contribution is 2.20. The number of rotatable bonds is 2. The second-order valence-corrected chi connectivity index (χ2v) is 4.78. The first kappa shape index (κ1) is 14.4. The quantitative estimate of drug-likeness (QED) is 0.830. The number of benzene rings is 1. The minimum absolute atomic E-state index is 0.172. The minimum atomic E-state index is -0.560. The van der Waals surface area contributed by atoms with Crippen molar-refractivity contribution in [3.05, 3.63) is 51.8 Å². The predicted octanol–water partition coefficient (Wildman–Crippen LogP) is 1.80. The van der Waals surface area contributed by atoms with E-state index in [-0.39, 0.29) is 10.6 Å². The number of aromatic nitrogens is 2. The molecule has 0 aliphatic carbocycles. The van der Waals surface area contributed by atoms with Crippen LogP contribution in [-0.2, 0) is 7.05 Å². The SMILES string of the molecule is Cn1cc(C(=O)NNC(=O)c2cc(Cl)ccc2Cl)cn1. The van der Waals surface area contributed by atoms with E-state index in [1.807, 2.05) is 0 Å². The van der Waals surface area contributed by atoms with E-state index in [0.29, 0.717) is 10.6 Å². The highest BCUT2D eigenvalue weighted by atomic mass is 35.5. The minimum Gasteiger partial charge on any atom is -0.275 e. The standard InChI is InChI=1S/C12H10Cl2N4O2/c1-18-6-7(5-15-18)11(19)16-17-12(20)9-4-8(13)2-3-10(9)14/h2-6H,1H3,(H,16,19)(H,17,20). The number of carbonyl (C=O) groups is 2. The summed E-state index contributed by atoms with van der Waals surface area (Å²) in [6.45, 7) is 0. The normalized spacial score (nSPS) is 10.2. The van der Waals surface area contributed by atoms with Crippen molar-refractivity contribution in [3.8, 4) is 0 Å². The second-order valence-electron chi connectivity index (χ2n) is 3.94. The Morgan fingerprint density at radius 3 is 2.55 bits per heavy atom. The third-order valence-corrected chi connectivity index (χ3v) is 2.99. The molecule has 2 amide bonds. The molecule has 20 heavy (non-hydrogen) atoms. The van der Waals surface area contributed by atoms with Crippen LogP contribution in [0.2, 0.25) is 10.0 Å². The maximum Gasteiger partial charge on any atom is 0.272 e. The Hall–Kier alpha value is -2.05. The summed E-state index contributed by atoms with van der Waals surface area (Å²) >= 11 is 11.7. The lowest BCUT2D eigenvalue weighted by Crippen LogP contribution is -2.41. The summed E-state index contributed by atoms with van der Waals surface area (Å²) in [5.41, 5.74) is 5.02. The molecule has 1 heterocycles. The van der Waals surface area contributed by atoms with Crippen LogP contribution in [0, 0.1) is 0 Å². The van der Waals surface area contributed by atoms with Gasteiger partial charge < -0.3 is 0 Å². The summed E-state index contributed by atoms with van der Waals surface area (Å²) < 4.78 is 1.48. The van der Waals surface area contributed by atoms with Crippen molar-refractivity contribution in [1.29, 1.82) is 0 Å². The highest BCUT2D eigenvalue weighted by Gasteiger charge is 2.13. The van der Waals surface area contributed by atoms with Crippen molar-refractivity contribution in [2.24, 2.45) is 7.05 Å². The Labute approximate surface area is 124 Å². The van der Waals surface area contributed by atoms with Crippen molar-refractivity contribution >= 4 is 35.0 Å². The fourth-order valence-corrected chi connectivity index (χ4v) is 1.84. The number of aryl methyl sites for hydroxylation is 1. The van der Waals surface area contributed by atoms with Gasteiger partial charge in [-0.1, -0.05) is 23.2 Å². The lowest BCUT2D eigenvalue weighted by atomic mass is 10.2. The van der Waals surface area contributed by atoms with E-state index in [1.165, 1.54) is 29.2 Å². The van der Waals surface area contributed by atoms with Crippen LogP contribution in [0.3, 0.4) is 0 Å². The van der Waals surface area contributed by atoms with E-state index in [1.54, 1.807) is 13.1 Å². The van der Waals surface area contributed by atoms with Gasteiger partial charge in [0, 0.05) is 18.3 Å². The molecule has 2 aromatic rings. The molecule has 0 atom stereocenters. The van der Waals surface area contributed by atoms with Crippen molar-refractivity contribution in [1.82, 2.24) is 20.6 Å². The summed E-state index contributed by atoms with van der Waals surface area (Å²) in [4.78, 5) is 23.6. The smallest absolute Gasteiger partial charge is 0.272 e. The molecule has 6 nitrogen and oxygen atoms in total. The van der Waals surface area contributed by atoms with Crippen LogP contribution in [0.5, 0.6) is 0 Å². The molecule has 0 saturated carbocycles. The first-order valence-corrected chi connectivity index (χ1v) is 6.27. The Morgan fingerprint density at radius 2 is 1.90 bits per heavy atom. The van der Waals surface area contributed by atoms with Crippen LogP contribution < -0.4 is 10.9 Å². The maximum absolute atomic E-state index is 11.9. The van der Waals surface area contributed by atoms with Gasteiger partial charge >= 0.3 is 0 Å². The first-order chi connectivity index (χ1) is 9.47. The second kappa shape index (κ2) is 5.94. The average molecular weight is 313 g/mol. The Bertz CT molecular complexity index is 669. The number of hydrazine groups is 1. The first-order valence-electron chi connectivity index (χ1n) is 5.52. The molecule has 0 fully saturated rings. The monoisotopic (exact) mass is 312 g/mol. The third kappa shape index (κ3) is 3.28. The van der Waals surface area contributed by atoms with Gasteiger partial charge in [0.2, 0.25) is 0 Å². The molecule has 8 heteroatoms. The maximum atomic E-state index is 11.9. The molecule has 2 N–H and O–H groups in total. The van der Waals surface area contributed by atoms with Crippen molar-refractivity contribution in [2.45, 2.75) is 0 Å².